The Morgan fingerprint density at radius 2 is 0.576 bits per heavy atom. The lowest BCUT2D eigenvalue weighted by Gasteiger charge is -2.21. The molecule has 0 radical (unpaired) electrons. The normalized spacial score (nSPS) is 11.9. The smallest absolute Gasteiger partial charge is 0.485 e. The predicted molar refractivity (Wildman–Crippen MR) is 215 cm³/mol. The summed E-state index contributed by atoms with van der Waals surface area (Å²) in [5.41, 5.74) is -11.5. The molecule has 0 aliphatic heterocycles. The molecular weight excluding hydrogens is 859 g/mol. The van der Waals surface area contributed by atoms with E-state index in [0.717, 1.165) is 5.75 Å². The molecule has 0 atom stereocenters. The average molecular weight is 897 g/mol. The molecule has 314 valence electrons. The average Bonchev–Trinajstić information content (AvgIpc) is 3.17. The summed E-state index contributed by atoms with van der Waals surface area (Å²) in [6.45, 7) is 6.21. The van der Waals surface area contributed by atoms with E-state index in [1.54, 1.807) is 0 Å². The molecule has 0 saturated carbocycles. The highest BCUT2D eigenvalue weighted by molar-refractivity contribution is 7.97. The van der Waals surface area contributed by atoms with Crippen molar-refractivity contribution in [1.29, 1.82) is 0 Å². The van der Waals surface area contributed by atoms with E-state index in [4.69, 9.17) is 30.7 Å². The van der Waals surface area contributed by atoms with Gasteiger partial charge in [0.1, 0.15) is 11.4 Å². The molecule has 0 aliphatic carbocycles. The molecule has 0 unspecified atom stereocenters. The highest BCUT2D eigenvalue weighted by Gasteiger charge is 2.37. The minimum absolute atomic E-state index is 0.0146. The van der Waals surface area contributed by atoms with E-state index in [1.165, 1.54) is 29.4 Å². The Balaban J connectivity index is 0.000000235. The summed E-state index contributed by atoms with van der Waals surface area (Å²) < 4.78 is 124. The van der Waals surface area contributed by atoms with Gasteiger partial charge >= 0.3 is 11.0 Å². The Hall–Kier alpha value is -4.78. The van der Waals surface area contributed by atoms with E-state index in [9.17, 15) is 26.3 Å². The Morgan fingerprint density at radius 3 is 0.746 bits per heavy atom. The van der Waals surface area contributed by atoms with Crippen molar-refractivity contribution in [3.05, 3.63) is 176 Å². The van der Waals surface area contributed by atoms with Gasteiger partial charge < -0.3 is 13.8 Å². The third-order valence-electron chi connectivity index (χ3n) is 6.94. The first-order valence-electron chi connectivity index (χ1n) is 17.0. The van der Waals surface area contributed by atoms with Crippen LogP contribution >= 0.6 is 0 Å². The Labute approximate surface area is 345 Å². The molecule has 6 aromatic carbocycles. The first-order chi connectivity index (χ1) is 27.5. The van der Waals surface area contributed by atoms with Gasteiger partial charge in [0.2, 0.25) is 0 Å². The zero-order valence-electron chi connectivity index (χ0n) is 31.5. The molecular formula is C42H38F6O7S4. The fourth-order valence-electron chi connectivity index (χ4n) is 4.60. The first-order valence-corrected chi connectivity index (χ1v) is 22.3. The third-order valence-corrected chi connectivity index (χ3v) is 12.5. The molecule has 0 amide bonds. The van der Waals surface area contributed by atoms with Gasteiger partial charge in [-0.3, -0.25) is 0 Å². The van der Waals surface area contributed by atoms with Gasteiger partial charge in [0, 0.05) is 0 Å². The maximum absolute atomic E-state index is 10.7. The molecule has 6 aromatic rings. The van der Waals surface area contributed by atoms with Gasteiger partial charge in [-0.1, -0.05) is 91.0 Å². The molecule has 59 heavy (non-hydrogen) atoms. The van der Waals surface area contributed by atoms with Crippen molar-refractivity contribution in [2.45, 2.75) is 66.8 Å². The van der Waals surface area contributed by atoms with Gasteiger partial charge in [-0.2, -0.15) is 26.3 Å². The van der Waals surface area contributed by atoms with Crippen molar-refractivity contribution < 1.29 is 57.0 Å². The molecule has 0 spiro atoms. The molecule has 0 fully saturated rings. The van der Waals surface area contributed by atoms with Gasteiger partial charge in [0.25, 0.3) is 0 Å². The third kappa shape index (κ3) is 16.4. The van der Waals surface area contributed by atoms with Crippen molar-refractivity contribution in [2.24, 2.45) is 0 Å². The number of hydrogen-bond acceptors (Lipinski definition) is 7. The standard InChI is InChI=1S/C22H23OS.C18H15S.2CHF3O3S/c1-22(2,3)23-18-14-16-21(17-15-18)24(19-10-6-4-7-11-19)20-12-8-5-9-13-20;1-4-10-16(11-5-1)19(17-12-6-2-7-13-17)18-14-8-3-9-15-18;2*2-1(3,4)8(5,6)7/h4-17H,1-3H3;1-15H;2*(H,5,6,7)/q2*+1;;/p-2. The van der Waals surface area contributed by atoms with Gasteiger partial charge in [-0.15, -0.1) is 0 Å². The van der Waals surface area contributed by atoms with Crippen LogP contribution in [0.25, 0.3) is 0 Å². The molecule has 0 saturated heterocycles. The lowest BCUT2D eigenvalue weighted by Crippen LogP contribution is -2.22. The monoisotopic (exact) mass is 896 g/mol. The molecule has 0 N–H and O–H groups in total. The lowest BCUT2D eigenvalue weighted by molar-refractivity contribution is -0.0522. The summed E-state index contributed by atoms with van der Waals surface area (Å²) in [6, 6.07) is 62.0. The van der Waals surface area contributed by atoms with Crippen LogP contribution in [0.5, 0.6) is 5.75 Å². The topological polar surface area (TPSA) is 124 Å². The quantitative estimate of drug-likeness (QED) is 0.0676. The Morgan fingerprint density at radius 1 is 0.390 bits per heavy atom. The van der Waals surface area contributed by atoms with Crippen molar-refractivity contribution in [1.82, 2.24) is 0 Å². The first kappa shape index (κ1) is 48.6. The summed E-state index contributed by atoms with van der Waals surface area (Å²) in [7, 11) is -12.3. The SMILES string of the molecule is CC(C)(C)Oc1ccc([S+](c2ccccc2)c2ccccc2)cc1.O=S(=O)([O-])C(F)(F)F.O=S(=O)([O-])C(F)(F)F.c1ccc([S+](c2ccccc2)c2ccccc2)cc1. The van der Waals surface area contributed by atoms with Crippen LogP contribution in [0, 0.1) is 0 Å². The summed E-state index contributed by atoms with van der Waals surface area (Å²) in [4.78, 5) is 8.04. The van der Waals surface area contributed by atoms with Crippen molar-refractivity contribution in [2.75, 3.05) is 0 Å². The van der Waals surface area contributed by atoms with Crippen LogP contribution in [-0.2, 0) is 42.0 Å². The second kappa shape index (κ2) is 21.5. The summed E-state index contributed by atoms with van der Waals surface area (Å²) in [5.74, 6) is 0.913. The molecule has 6 rings (SSSR count). The van der Waals surface area contributed by atoms with Crippen molar-refractivity contribution in [3.63, 3.8) is 0 Å². The largest absolute Gasteiger partial charge is 0.741 e. The van der Waals surface area contributed by atoms with E-state index in [0.29, 0.717) is 0 Å². The number of ether oxygens (including phenoxy) is 1. The van der Waals surface area contributed by atoms with E-state index < -0.39 is 31.3 Å². The Kier molecular flexibility index (Phi) is 17.7. The fourth-order valence-corrected chi connectivity index (χ4v) is 8.78. The zero-order valence-corrected chi connectivity index (χ0v) is 34.8. The van der Waals surface area contributed by atoms with Gasteiger partial charge in [-0.05, 0) is 106 Å². The van der Waals surface area contributed by atoms with Crippen LogP contribution in [0.4, 0.5) is 26.3 Å². The van der Waals surface area contributed by atoms with Crippen LogP contribution in [-0.4, -0.2) is 42.6 Å². The van der Waals surface area contributed by atoms with E-state index in [1.807, 2.05) is 0 Å². The van der Waals surface area contributed by atoms with Gasteiger partial charge in [-0.25, -0.2) is 16.8 Å². The van der Waals surface area contributed by atoms with Crippen molar-refractivity contribution in [3.8, 4) is 5.75 Å². The minimum Gasteiger partial charge on any atom is -0.741 e. The molecule has 0 heterocycles. The van der Waals surface area contributed by atoms with Crippen molar-refractivity contribution >= 4 is 42.0 Å². The molecule has 7 nitrogen and oxygen atoms in total. The predicted octanol–water partition coefficient (Wildman–Crippen LogP) is 10.8. The van der Waals surface area contributed by atoms with Gasteiger partial charge in [0.05, 0.1) is 21.8 Å². The maximum atomic E-state index is 10.7. The summed E-state index contributed by atoms with van der Waals surface area (Å²) in [5, 5.41) is 0. The molecule has 0 aromatic heterocycles. The van der Waals surface area contributed by atoms with E-state index >= 15 is 0 Å². The number of benzene rings is 6. The van der Waals surface area contributed by atoms with Crippen LogP contribution < -0.4 is 4.74 Å². The highest BCUT2D eigenvalue weighted by Crippen LogP contribution is 2.33. The molecule has 0 aliphatic rings. The summed E-state index contributed by atoms with van der Waals surface area (Å²) >= 11 is 0. The van der Waals surface area contributed by atoms with E-state index in [2.05, 4.69) is 197 Å². The number of rotatable bonds is 7. The number of hydrogen-bond donors (Lipinski definition) is 0. The molecule has 0 bridgehead atoms. The lowest BCUT2D eigenvalue weighted by atomic mass is 10.2. The number of halogens is 6. The van der Waals surface area contributed by atoms with Crippen LogP contribution in [0.3, 0.4) is 0 Å². The second-order valence-electron chi connectivity index (χ2n) is 12.7. The zero-order chi connectivity index (χ0) is 43.9. The molecule has 17 heteroatoms. The number of alkyl halides is 6. The Bertz CT molecular complexity index is 2170. The minimum atomic E-state index is -6.09. The van der Waals surface area contributed by atoms with Crippen LogP contribution in [0.15, 0.2) is 205 Å². The van der Waals surface area contributed by atoms with Crippen LogP contribution in [0.2, 0.25) is 0 Å². The van der Waals surface area contributed by atoms with E-state index in [-0.39, 0.29) is 27.4 Å². The van der Waals surface area contributed by atoms with Crippen LogP contribution in [0.1, 0.15) is 20.8 Å². The second-order valence-corrected chi connectivity index (χ2v) is 19.5. The summed E-state index contributed by atoms with van der Waals surface area (Å²) in [6.07, 6.45) is 0. The van der Waals surface area contributed by atoms with Gasteiger partial charge in [0.15, 0.2) is 49.6 Å². The maximum Gasteiger partial charge on any atom is 0.485 e. The highest BCUT2D eigenvalue weighted by atomic mass is 32.2. The fraction of sp³-hybridized carbons (Fsp3) is 0.143.